The molecule has 0 aliphatic rings. The lowest BCUT2D eigenvalue weighted by Crippen LogP contribution is -2.19. The molecule has 0 fully saturated rings. The van der Waals surface area contributed by atoms with Crippen LogP contribution in [0, 0.1) is 19.3 Å². The molecule has 0 aromatic carbocycles. The molecule has 0 bridgehead atoms. The lowest BCUT2D eigenvalue weighted by molar-refractivity contribution is 0.517. The van der Waals surface area contributed by atoms with E-state index in [4.69, 9.17) is 17.1 Å². The molecule has 0 aliphatic carbocycles. The molecule has 5 heteroatoms. The van der Waals surface area contributed by atoms with Gasteiger partial charge in [-0.2, -0.15) is 5.10 Å². The van der Waals surface area contributed by atoms with Crippen LogP contribution in [0.4, 0.5) is 5.82 Å². The van der Waals surface area contributed by atoms with Crippen molar-refractivity contribution in [3.05, 3.63) is 17.7 Å². The van der Waals surface area contributed by atoms with E-state index in [9.17, 15) is 0 Å². The van der Waals surface area contributed by atoms with Crippen molar-refractivity contribution in [3.8, 4) is 23.6 Å². The first-order valence-corrected chi connectivity index (χ1v) is 6.56. The number of rotatable bonds is 2. The molecule has 0 aliphatic heterocycles. The van der Waals surface area contributed by atoms with Gasteiger partial charge >= 0.3 is 0 Å². The smallest absolute Gasteiger partial charge is 0.132 e. The largest absolute Gasteiger partial charge is 0.383 e. The minimum absolute atomic E-state index is 0.126. The summed E-state index contributed by atoms with van der Waals surface area (Å²) in [5, 5.41) is 4.25. The number of nitrogens with two attached hydrogens (primary N) is 1. The standard InChI is InChI=1S/C15H21N5/c1-7-8-20-13(16)12(18-14(20)15(3,4)5)11-9-17-19(6)10(11)2/h1,9H,8,16H2,2-6H3. The first-order chi connectivity index (χ1) is 9.27. The highest BCUT2D eigenvalue weighted by Crippen LogP contribution is 2.33. The summed E-state index contributed by atoms with van der Waals surface area (Å²) in [4.78, 5) is 4.73. The van der Waals surface area contributed by atoms with E-state index >= 15 is 0 Å². The Morgan fingerprint density at radius 3 is 2.50 bits per heavy atom. The Balaban J connectivity index is 2.68. The molecule has 0 radical (unpaired) electrons. The van der Waals surface area contributed by atoms with E-state index in [0.29, 0.717) is 12.4 Å². The van der Waals surface area contributed by atoms with Gasteiger partial charge in [0, 0.05) is 23.7 Å². The van der Waals surface area contributed by atoms with Crippen LogP contribution >= 0.6 is 0 Å². The fraction of sp³-hybridized carbons (Fsp3) is 0.467. The summed E-state index contributed by atoms with van der Waals surface area (Å²) < 4.78 is 3.72. The van der Waals surface area contributed by atoms with Crippen molar-refractivity contribution in [1.82, 2.24) is 19.3 Å². The Hall–Kier alpha value is -2.22. The normalized spacial score (nSPS) is 11.6. The van der Waals surface area contributed by atoms with Crippen LogP contribution in [0.3, 0.4) is 0 Å². The van der Waals surface area contributed by atoms with Gasteiger partial charge in [-0.15, -0.1) is 6.42 Å². The van der Waals surface area contributed by atoms with Crippen LogP contribution in [-0.2, 0) is 19.0 Å². The number of nitrogens with zero attached hydrogens (tertiary/aromatic N) is 4. The van der Waals surface area contributed by atoms with Crippen LogP contribution < -0.4 is 5.73 Å². The molecule has 20 heavy (non-hydrogen) atoms. The fourth-order valence-corrected chi connectivity index (χ4v) is 2.22. The first-order valence-electron chi connectivity index (χ1n) is 6.56. The zero-order valence-electron chi connectivity index (χ0n) is 12.7. The topological polar surface area (TPSA) is 61.7 Å². The van der Waals surface area contributed by atoms with Gasteiger partial charge in [-0.25, -0.2) is 4.98 Å². The molecule has 0 amide bonds. The average Bonchev–Trinajstić information content (AvgIpc) is 2.83. The number of aromatic nitrogens is 4. The van der Waals surface area contributed by atoms with Gasteiger partial charge in [0.2, 0.25) is 0 Å². The lowest BCUT2D eigenvalue weighted by Gasteiger charge is -2.18. The predicted molar refractivity (Wildman–Crippen MR) is 81.1 cm³/mol. The third-order valence-corrected chi connectivity index (χ3v) is 3.42. The molecule has 2 aromatic heterocycles. The second-order valence-corrected chi connectivity index (χ2v) is 5.98. The summed E-state index contributed by atoms with van der Waals surface area (Å²) in [6.45, 7) is 8.72. The van der Waals surface area contributed by atoms with Crippen molar-refractivity contribution < 1.29 is 0 Å². The van der Waals surface area contributed by atoms with Gasteiger partial charge in [-0.1, -0.05) is 26.7 Å². The number of hydrogen-bond donors (Lipinski definition) is 1. The quantitative estimate of drug-likeness (QED) is 0.851. The Kier molecular flexibility index (Phi) is 3.34. The summed E-state index contributed by atoms with van der Waals surface area (Å²) in [5.74, 6) is 4.14. The van der Waals surface area contributed by atoms with Crippen LogP contribution in [0.15, 0.2) is 6.20 Å². The highest BCUT2D eigenvalue weighted by atomic mass is 15.3. The third-order valence-electron chi connectivity index (χ3n) is 3.42. The minimum atomic E-state index is -0.126. The molecular formula is C15H21N5. The summed E-state index contributed by atoms with van der Waals surface area (Å²) >= 11 is 0. The Morgan fingerprint density at radius 1 is 1.40 bits per heavy atom. The lowest BCUT2D eigenvalue weighted by atomic mass is 9.95. The van der Waals surface area contributed by atoms with Crippen LogP contribution in [-0.4, -0.2) is 19.3 Å². The Morgan fingerprint density at radius 2 is 2.05 bits per heavy atom. The maximum absolute atomic E-state index is 6.26. The van der Waals surface area contributed by atoms with Crippen LogP contribution in [0.2, 0.25) is 0 Å². The fourth-order valence-electron chi connectivity index (χ4n) is 2.22. The van der Waals surface area contributed by atoms with Crippen LogP contribution in [0.25, 0.3) is 11.3 Å². The van der Waals surface area contributed by atoms with E-state index in [2.05, 4.69) is 31.8 Å². The molecule has 5 nitrogen and oxygen atoms in total. The summed E-state index contributed by atoms with van der Waals surface area (Å²) in [6, 6.07) is 0. The number of hydrogen-bond acceptors (Lipinski definition) is 3. The molecule has 0 spiro atoms. The SMILES string of the molecule is C#CCn1c(C(C)(C)C)nc(-c2cnn(C)c2C)c1N. The Labute approximate surface area is 119 Å². The number of aryl methyl sites for hydroxylation is 1. The van der Waals surface area contributed by atoms with E-state index in [-0.39, 0.29) is 5.41 Å². The third kappa shape index (κ3) is 2.18. The zero-order valence-corrected chi connectivity index (χ0v) is 12.7. The first kappa shape index (κ1) is 14.2. The molecule has 2 aromatic rings. The molecule has 2 rings (SSSR count). The van der Waals surface area contributed by atoms with Crippen LogP contribution in [0.5, 0.6) is 0 Å². The second kappa shape index (κ2) is 4.71. The summed E-state index contributed by atoms with van der Waals surface area (Å²) in [7, 11) is 1.90. The van der Waals surface area contributed by atoms with Crippen molar-refractivity contribution in [3.63, 3.8) is 0 Å². The number of nitrogen functional groups attached to an aromatic ring is 1. The van der Waals surface area contributed by atoms with E-state index in [0.717, 1.165) is 22.8 Å². The van der Waals surface area contributed by atoms with Gasteiger partial charge in [0.25, 0.3) is 0 Å². The number of imidazole rings is 1. The number of anilines is 1. The predicted octanol–water partition coefficient (Wildman–Crippen LogP) is 2.10. The van der Waals surface area contributed by atoms with E-state index < -0.39 is 0 Å². The van der Waals surface area contributed by atoms with Gasteiger partial charge in [0.05, 0.1) is 12.7 Å². The van der Waals surface area contributed by atoms with Crippen molar-refractivity contribution in [2.24, 2.45) is 7.05 Å². The molecule has 2 heterocycles. The molecule has 0 saturated carbocycles. The van der Waals surface area contributed by atoms with Crippen molar-refractivity contribution in [2.75, 3.05) is 5.73 Å². The molecule has 0 atom stereocenters. The highest BCUT2D eigenvalue weighted by Gasteiger charge is 2.26. The highest BCUT2D eigenvalue weighted by molar-refractivity contribution is 5.72. The average molecular weight is 271 g/mol. The summed E-state index contributed by atoms with van der Waals surface area (Å²) in [6.07, 6.45) is 7.25. The molecule has 106 valence electrons. The van der Waals surface area contributed by atoms with Crippen molar-refractivity contribution >= 4 is 5.82 Å². The van der Waals surface area contributed by atoms with Crippen molar-refractivity contribution in [1.29, 1.82) is 0 Å². The second-order valence-electron chi connectivity index (χ2n) is 5.98. The van der Waals surface area contributed by atoms with Gasteiger partial charge < -0.3 is 10.3 Å². The van der Waals surface area contributed by atoms with Crippen LogP contribution in [0.1, 0.15) is 32.3 Å². The minimum Gasteiger partial charge on any atom is -0.383 e. The molecule has 0 unspecified atom stereocenters. The summed E-state index contributed by atoms with van der Waals surface area (Å²) in [5.41, 5.74) is 8.88. The van der Waals surface area contributed by atoms with Gasteiger partial charge in [-0.3, -0.25) is 4.68 Å². The van der Waals surface area contributed by atoms with Gasteiger partial charge in [-0.05, 0) is 6.92 Å². The Bertz CT molecular complexity index is 676. The van der Waals surface area contributed by atoms with Gasteiger partial charge in [0.1, 0.15) is 17.3 Å². The molecule has 2 N–H and O–H groups in total. The maximum atomic E-state index is 6.26. The number of terminal acetylenes is 1. The monoisotopic (exact) mass is 271 g/mol. The maximum Gasteiger partial charge on any atom is 0.132 e. The van der Waals surface area contributed by atoms with E-state index in [1.54, 1.807) is 6.20 Å². The molecule has 0 saturated heterocycles. The van der Waals surface area contributed by atoms with E-state index in [1.807, 2.05) is 23.2 Å². The van der Waals surface area contributed by atoms with Crippen molar-refractivity contribution in [2.45, 2.75) is 39.7 Å². The van der Waals surface area contributed by atoms with E-state index in [1.165, 1.54) is 0 Å². The van der Waals surface area contributed by atoms with Gasteiger partial charge in [0.15, 0.2) is 0 Å². The zero-order chi connectivity index (χ0) is 15.1. The molecular weight excluding hydrogens is 250 g/mol.